The number of carboxylic acids is 3. The van der Waals surface area contributed by atoms with Crippen LogP contribution in [0.4, 0.5) is 0 Å². The number of hydrogen-bond acceptors (Lipinski definition) is 11. The van der Waals surface area contributed by atoms with Crippen LogP contribution in [0.3, 0.4) is 0 Å². The van der Waals surface area contributed by atoms with Crippen LogP contribution in [0.1, 0.15) is 57.4 Å². The van der Waals surface area contributed by atoms with Gasteiger partial charge in [0.05, 0.1) is 6.42 Å². The molecule has 5 atom stereocenters. The number of ketones is 1. The maximum atomic E-state index is 13.6. The summed E-state index contributed by atoms with van der Waals surface area (Å²) in [4.78, 5) is 106. The molecule has 0 bridgehead atoms. The number of nitrogens with one attached hydrogen (secondary N) is 3. The average molecular weight is 721 g/mol. The van der Waals surface area contributed by atoms with Crippen LogP contribution in [0.5, 0.6) is 5.75 Å². The van der Waals surface area contributed by atoms with Gasteiger partial charge in [0.15, 0.2) is 17.3 Å². The van der Waals surface area contributed by atoms with E-state index >= 15 is 0 Å². The second kappa shape index (κ2) is 18.8. The van der Waals surface area contributed by atoms with E-state index in [0.717, 1.165) is 11.8 Å². The van der Waals surface area contributed by atoms with Gasteiger partial charge in [-0.1, -0.05) is 12.1 Å². The second-order valence-electron chi connectivity index (χ2n) is 12.0. The number of carboxylic acid groups (broad SMARTS) is 3. The van der Waals surface area contributed by atoms with Crippen LogP contribution in [0.2, 0.25) is 0 Å². The van der Waals surface area contributed by atoms with Crippen molar-refractivity contribution in [2.75, 3.05) is 13.1 Å². The minimum atomic E-state index is -2.04. The Balaban J connectivity index is 2.25. The summed E-state index contributed by atoms with van der Waals surface area (Å²) in [6.07, 6.45) is -2.09. The number of carbonyl (C=O) groups excluding carboxylic acids is 5. The lowest BCUT2D eigenvalue weighted by Gasteiger charge is -2.33. The number of rotatable bonds is 20. The number of phenols is 1. The quantitative estimate of drug-likeness (QED) is 0.0280. The zero-order valence-electron chi connectivity index (χ0n) is 27.9. The number of nitrogens with two attached hydrogens (primary N) is 3. The van der Waals surface area contributed by atoms with Crippen LogP contribution < -0.4 is 33.2 Å². The van der Waals surface area contributed by atoms with E-state index in [1.54, 1.807) is 0 Å². The van der Waals surface area contributed by atoms with Gasteiger partial charge in [-0.3, -0.25) is 38.6 Å². The highest BCUT2D eigenvalue weighted by molar-refractivity contribution is 6.10. The molecule has 1 aliphatic heterocycles. The number of aliphatic imine (C=N–C) groups is 1. The van der Waals surface area contributed by atoms with Gasteiger partial charge in [-0.25, -0.2) is 4.79 Å². The van der Waals surface area contributed by atoms with E-state index < -0.39 is 96.3 Å². The average Bonchev–Trinajstić information content (AvgIpc) is 3.54. The lowest BCUT2D eigenvalue weighted by molar-refractivity contribution is -0.148. The van der Waals surface area contributed by atoms with Gasteiger partial charge in [0.2, 0.25) is 17.7 Å². The number of Topliss-reactive ketones (excluding diaryl/α,β-unsaturated/α-hetero) is 1. The number of likely N-dealkylation sites (tertiary alicyclic amines) is 1. The largest absolute Gasteiger partial charge is 0.508 e. The molecular weight excluding hydrogens is 676 g/mol. The standard InChI is InChI=1S/C31H44N8O12/c1-16(40)31(34,11-3-12-35-30(32)33)29(51)39-13-2-4-22(39)27(48)37-20(15-24(44)45)26(47)36-19(9-10-23(42)43)25(46)38-21(28(49)50)14-17-5-7-18(41)8-6-17/h5-8,19-22,41H,2-4,9-15,34H2,1H3,(H,36,47)(H,37,48)(H,38,46)(H,42,43)(H,44,45)(H,49,50)(H4,32,33,35)/t19-,20-,21-,22-,31+/m0/s1. The fourth-order valence-corrected chi connectivity index (χ4v) is 5.34. The fourth-order valence-electron chi connectivity index (χ4n) is 5.34. The summed E-state index contributed by atoms with van der Waals surface area (Å²) in [6.45, 7) is 1.19. The SMILES string of the molecule is CC(=O)[C@](N)(CCCN=C(N)N)C(=O)N1CCC[C@H]1C(=O)N[C@@H](CC(=O)O)C(=O)N[C@@H](CCC(=O)O)C(=O)N[C@@H](Cc1ccc(O)cc1)C(=O)O. The van der Waals surface area contributed by atoms with Crippen molar-refractivity contribution in [2.45, 2.75) is 88.0 Å². The highest BCUT2D eigenvalue weighted by Gasteiger charge is 2.46. The molecule has 20 nitrogen and oxygen atoms in total. The van der Waals surface area contributed by atoms with Crippen molar-refractivity contribution in [3.05, 3.63) is 29.8 Å². The lowest BCUT2D eigenvalue weighted by Crippen LogP contribution is -2.63. The molecule has 0 aromatic heterocycles. The highest BCUT2D eigenvalue weighted by Crippen LogP contribution is 2.24. The molecule has 20 heteroatoms. The molecule has 0 aliphatic carbocycles. The Hall–Kier alpha value is -5.79. The topological polar surface area (TPSA) is 347 Å². The molecule has 1 heterocycles. The molecule has 1 aromatic carbocycles. The van der Waals surface area contributed by atoms with E-state index in [2.05, 4.69) is 20.9 Å². The van der Waals surface area contributed by atoms with Crippen LogP contribution in [-0.2, 0) is 44.8 Å². The number of amides is 4. The van der Waals surface area contributed by atoms with E-state index in [1.807, 2.05) is 0 Å². The number of guanidine groups is 1. The van der Waals surface area contributed by atoms with Gasteiger partial charge < -0.3 is 58.5 Å². The molecule has 0 saturated carbocycles. The molecule has 0 spiro atoms. The molecule has 0 unspecified atom stereocenters. The molecule has 1 fully saturated rings. The Kier molecular flexibility index (Phi) is 15.3. The lowest BCUT2D eigenvalue weighted by atomic mass is 9.88. The maximum absolute atomic E-state index is 13.6. The van der Waals surface area contributed by atoms with E-state index in [4.69, 9.17) is 17.2 Å². The van der Waals surface area contributed by atoms with Gasteiger partial charge in [0.25, 0.3) is 5.91 Å². The number of aromatic hydroxyl groups is 1. The third-order valence-electron chi connectivity index (χ3n) is 8.13. The predicted molar refractivity (Wildman–Crippen MR) is 177 cm³/mol. The van der Waals surface area contributed by atoms with Crippen molar-refractivity contribution in [1.29, 1.82) is 0 Å². The Morgan fingerprint density at radius 3 is 2.08 bits per heavy atom. The van der Waals surface area contributed by atoms with Gasteiger partial charge in [0, 0.05) is 25.9 Å². The van der Waals surface area contributed by atoms with E-state index in [1.165, 1.54) is 24.3 Å². The van der Waals surface area contributed by atoms with Gasteiger partial charge in [-0.2, -0.15) is 0 Å². The third-order valence-corrected chi connectivity index (χ3v) is 8.13. The second-order valence-corrected chi connectivity index (χ2v) is 12.0. The summed E-state index contributed by atoms with van der Waals surface area (Å²) < 4.78 is 0. The number of nitrogens with zero attached hydrogens (tertiary/aromatic N) is 2. The molecule has 51 heavy (non-hydrogen) atoms. The number of aliphatic carboxylic acids is 3. The molecule has 0 radical (unpaired) electrons. The first-order valence-corrected chi connectivity index (χ1v) is 15.9. The highest BCUT2D eigenvalue weighted by atomic mass is 16.4. The van der Waals surface area contributed by atoms with Gasteiger partial charge in [0.1, 0.15) is 29.9 Å². The molecule has 1 aromatic rings. The van der Waals surface area contributed by atoms with Crippen LogP contribution >= 0.6 is 0 Å². The zero-order chi connectivity index (χ0) is 38.5. The molecule has 280 valence electrons. The number of phenolic OH excluding ortho intramolecular Hbond substituents is 1. The minimum absolute atomic E-state index is 0.0131. The van der Waals surface area contributed by atoms with E-state index in [-0.39, 0.29) is 50.5 Å². The summed E-state index contributed by atoms with van der Waals surface area (Å²) >= 11 is 0. The summed E-state index contributed by atoms with van der Waals surface area (Å²) in [5.74, 6) is -9.49. The van der Waals surface area contributed by atoms with Crippen molar-refractivity contribution < 1.29 is 58.8 Å². The molecular formula is C31H44N8O12. The summed E-state index contributed by atoms with van der Waals surface area (Å²) in [5.41, 5.74) is 15.2. The fraction of sp³-hybridized carbons (Fsp3) is 0.516. The first-order chi connectivity index (χ1) is 23.8. The Morgan fingerprint density at radius 1 is 0.922 bits per heavy atom. The predicted octanol–water partition coefficient (Wildman–Crippen LogP) is -2.86. The Labute approximate surface area is 291 Å². The van der Waals surface area contributed by atoms with Gasteiger partial charge >= 0.3 is 17.9 Å². The number of carbonyl (C=O) groups is 8. The van der Waals surface area contributed by atoms with Gasteiger partial charge in [-0.05, 0) is 56.7 Å². The number of benzene rings is 1. The van der Waals surface area contributed by atoms with Crippen LogP contribution in [0.15, 0.2) is 29.3 Å². The molecule has 1 saturated heterocycles. The monoisotopic (exact) mass is 720 g/mol. The van der Waals surface area contributed by atoms with E-state index in [0.29, 0.717) is 12.0 Å². The van der Waals surface area contributed by atoms with Crippen molar-refractivity contribution in [3.63, 3.8) is 0 Å². The third kappa shape index (κ3) is 12.6. The van der Waals surface area contributed by atoms with E-state index in [9.17, 15) is 58.8 Å². The normalized spacial score (nSPS) is 16.7. The van der Waals surface area contributed by atoms with Crippen molar-refractivity contribution in [1.82, 2.24) is 20.9 Å². The molecule has 4 amide bonds. The zero-order valence-corrected chi connectivity index (χ0v) is 27.9. The first-order valence-electron chi connectivity index (χ1n) is 15.9. The van der Waals surface area contributed by atoms with Crippen molar-refractivity contribution in [2.24, 2.45) is 22.2 Å². The molecule has 13 N–H and O–H groups in total. The maximum Gasteiger partial charge on any atom is 0.326 e. The van der Waals surface area contributed by atoms with Crippen molar-refractivity contribution in [3.8, 4) is 5.75 Å². The van der Waals surface area contributed by atoms with Crippen molar-refractivity contribution >= 4 is 53.3 Å². The Morgan fingerprint density at radius 2 is 1.53 bits per heavy atom. The van der Waals surface area contributed by atoms with Gasteiger partial charge in [-0.15, -0.1) is 0 Å². The van der Waals surface area contributed by atoms with Crippen LogP contribution in [0.25, 0.3) is 0 Å². The smallest absolute Gasteiger partial charge is 0.326 e. The molecule has 2 rings (SSSR count). The summed E-state index contributed by atoms with van der Waals surface area (Å²) in [5, 5.41) is 44.6. The first kappa shape index (κ1) is 41.4. The Bertz CT molecular complexity index is 1510. The minimum Gasteiger partial charge on any atom is -0.508 e. The van der Waals surface area contributed by atoms with Crippen LogP contribution in [-0.4, -0.2) is 121 Å². The summed E-state index contributed by atoms with van der Waals surface area (Å²) in [6, 6.07) is -0.890. The number of hydrogen-bond donors (Lipinski definition) is 10. The van der Waals surface area contributed by atoms with Crippen LogP contribution in [0, 0.1) is 0 Å². The molecule has 1 aliphatic rings. The summed E-state index contributed by atoms with van der Waals surface area (Å²) in [7, 11) is 0.